The van der Waals surface area contributed by atoms with Gasteiger partial charge in [0.2, 0.25) is 0 Å². The molecule has 1 heterocycles. The van der Waals surface area contributed by atoms with Crippen molar-refractivity contribution in [2.24, 2.45) is 7.05 Å². The lowest BCUT2D eigenvalue weighted by Crippen LogP contribution is -2.15. The summed E-state index contributed by atoms with van der Waals surface area (Å²) in [5.74, 6) is 0.264. The molecule has 3 N–H and O–H groups in total. The number of sulfonamides is 1. The minimum absolute atomic E-state index is 0.130. The molecule has 0 atom stereocenters. The number of nitrogens with zero attached hydrogens (tertiary/aromatic N) is 2. The number of anilines is 2. The largest absolute Gasteiger partial charge is 0.398 e. The van der Waals surface area contributed by atoms with E-state index in [9.17, 15) is 8.42 Å². The van der Waals surface area contributed by atoms with Crippen LogP contribution in [0.5, 0.6) is 0 Å². The molecule has 1 aromatic heterocycles. The summed E-state index contributed by atoms with van der Waals surface area (Å²) in [5, 5.41) is 3.98. The van der Waals surface area contributed by atoms with Gasteiger partial charge in [-0.25, -0.2) is 8.42 Å². The van der Waals surface area contributed by atoms with Gasteiger partial charge in [0.05, 0.1) is 4.90 Å². The first kappa shape index (κ1) is 13.9. The van der Waals surface area contributed by atoms with Crippen molar-refractivity contribution in [3.05, 3.63) is 34.4 Å². The Morgan fingerprint density at radius 2 is 2.11 bits per heavy atom. The van der Waals surface area contributed by atoms with Crippen molar-refractivity contribution in [2.45, 2.75) is 11.8 Å². The van der Waals surface area contributed by atoms with E-state index < -0.39 is 10.0 Å². The Hall–Kier alpha value is -1.54. The summed E-state index contributed by atoms with van der Waals surface area (Å²) in [6.07, 6.45) is 1.65. The van der Waals surface area contributed by atoms with Crippen LogP contribution in [0, 0.1) is 6.92 Å². The van der Waals surface area contributed by atoms with Crippen LogP contribution in [-0.4, -0.2) is 18.2 Å². The molecule has 0 unspecified atom stereocenters. The molecular formula is C11H13BrN4O2S. The van der Waals surface area contributed by atoms with E-state index in [0.717, 1.165) is 0 Å². The summed E-state index contributed by atoms with van der Waals surface area (Å²) < 4.78 is 29.1. The van der Waals surface area contributed by atoms with Crippen LogP contribution in [0.2, 0.25) is 0 Å². The maximum Gasteiger partial charge on any atom is 0.263 e. The highest BCUT2D eigenvalue weighted by atomic mass is 79.9. The fourth-order valence-electron chi connectivity index (χ4n) is 1.62. The lowest BCUT2D eigenvalue weighted by Gasteiger charge is -2.11. The number of aryl methyl sites for hydroxylation is 1. The van der Waals surface area contributed by atoms with Crippen LogP contribution in [0.4, 0.5) is 11.5 Å². The van der Waals surface area contributed by atoms with Gasteiger partial charge in [0, 0.05) is 29.5 Å². The predicted molar refractivity (Wildman–Crippen MR) is 77.3 cm³/mol. The zero-order valence-corrected chi connectivity index (χ0v) is 12.8. The van der Waals surface area contributed by atoms with Crippen LogP contribution < -0.4 is 10.5 Å². The average molecular weight is 345 g/mol. The molecule has 8 heteroatoms. The van der Waals surface area contributed by atoms with Gasteiger partial charge in [-0.15, -0.1) is 0 Å². The fraction of sp³-hybridized carbons (Fsp3) is 0.182. The van der Waals surface area contributed by atoms with E-state index in [1.54, 1.807) is 32.3 Å². The van der Waals surface area contributed by atoms with E-state index in [1.165, 1.54) is 10.7 Å². The first-order valence-electron chi connectivity index (χ1n) is 5.37. The molecule has 0 amide bonds. The molecule has 0 bridgehead atoms. The van der Waals surface area contributed by atoms with Crippen LogP contribution in [0.3, 0.4) is 0 Å². The van der Waals surface area contributed by atoms with Crippen molar-refractivity contribution in [3.63, 3.8) is 0 Å². The topological polar surface area (TPSA) is 90.0 Å². The van der Waals surface area contributed by atoms with Gasteiger partial charge in [-0.05, 0) is 24.6 Å². The number of rotatable bonds is 3. The Balaban J connectivity index is 2.45. The third-order valence-corrected chi connectivity index (χ3v) is 4.55. The molecule has 0 saturated heterocycles. The summed E-state index contributed by atoms with van der Waals surface area (Å²) in [7, 11) is -2.00. The maximum atomic E-state index is 12.3. The molecular weight excluding hydrogens is 332 g/mol. The number of hydrogen-bond donors (Lipinski definition) is 2. The third-order valence-electron chi connectivity index (χ3n) is 2.61. The molecule has 102 valence electrons. The Kier molecular flexibility index (Phi) is 3.55. The third kappa shape index (κ3) is 2.90. The van der Waals surface area contributed by atoms with Gasteiger partial charge in [-0.2, -0.15) is 5.10 Å². The van der Waals surface area contributed by atoms with Crippen molar-refractivity contribution < 1.29 is 8.42 Å². The Morgan fingerprint density at radius 3 is 2.68 bits per heavy atom. The second kappa shape index (κ2) is 4.86. The Labute approximate surface area is 119 Å². The molecule has 0 aliphatic rings. The van der Waals surface area contributed by atoms with E-state index >= 15 is 0 Å². The van der Waals surface area contributed by atoms with Crippen LogP contribution >= 0.6 is 15.9 Å². The molecule has 0 aliphatic heterocycles. The van der Waals surface area contributed by atoms with E-state index in [-0.39, 0.29) is 10.7 Å². The lowest BCUT2D eigenvalue weighted by molar-refractivity contribution is 0.600. The van der Waals surface area contributed by atoms with E-state index in [2.05, 4.69) is 25.8 Å². The molecule has 2 aromatic rings. The van der Waals surface area contributed by atoms with Crippen LogP contribution in [0.25, 0.3) is 0 Å². The summed E-state index contributed by atoms with van der Waals surface area (Å²) in [6, 6.07) is 4.75. The Morgan fingerprint density at radius 1 is 1.42 bits per heavy atom. The molecule has 0 fully saturated rings. The number of aromatic nitrogens is 2. The number of benzene rings is 1. The van der Waals surface area contributed by atoms with Crippen LogP contribution in [0.15, 0.2) is 33.8 Å². The normalized spacial score (nSPS) is 11.5. The van der Waals surface area contributed by atoms with Gasteiger partial charge >= 0.3 is 0 Å². The Bertz CT molecular complexity index is 724. The van der Waals surface area contributed by atoms with Gasteiger partial charge in [-0.1, -0.05) is 15.9 Å². The summed E-state index contributed by atoms with van der Waals surface area (Å²) in [4.78, 5) is 0.130. The van der Waals surface area contributed by atoms with E-state index in [4.69, 9.17) is 5.73 Å². The standard InChI is InChI=1S/C11H13BrN4O2S/c1-7-9(13)5-8(12)6-10(7)19(17,18)15-11-3-4-16(2)14-11/h3-6H,13H2,1-2H3,(H,14,15). The SMILES string of the molecule is Cc1c(N)cc(Br)cc1S(=O)(=O)Nc1ccn(C)n1. The average Bonchev–Trinajstić information content (AvgIpc) is 2.68. The van der Waals surface area contributed by atoms with Gasteiger partial charge in [0.25, 0.3) is 10.0 Å². The van der Waals surface area contributed by atoms with Gasteiger partial charge in [-0.3, -0.25) is 9.40 Å². The van der Waals surface area contributed by atoms with Crippen molar-refractivity contribution >= 4 is 37.5 Å². The van der Waals surface area contributed by atoms with Crippen LogP contribution in [-0.2, 0) is 17.1 Å². The highest BCUT2D eigenvalue weighted by Gasteiger charge is 2.20. The molecule has 19 heavy (non-hydrogen) atoms. The van der Waals surface area contributed by atoms with Crippen molar-refractivity contribution in [2.75, 3.05) is 10.5 Å². The number of halogens is 1. The molecule has 0 radical (unpaired) electrons. The molecule has 0 aliphatic carbocycles. The molecule has 0 saturated carbocycles. The molecule has 6 nitrogen and oxygen atoms in total. The summed E-state index contributed by atoms with van der Waals surface area (Å²) in [5.41, 5.74) is 6.69. The van der Waals surface area contributed by atoms with Crippen molar-refractivity contribution in [1.82, 2.24) is 9.78 Å². The molecule has 0 spiro atoms. The maximum absolute atomic E-state index is 12.3. The predicted octanol–water partition coefficient (Wildman–Crippen LogP) is 1.87. The number of hydrogen-bond acceptors (Lipinski definition) is 4. The zero-order chi connectivity index (χ0) is 14.2. The van der Waals surface area contributed by atoms with Gasteiger partial charge in [0.15, 0.2) is 5.82 Å². The van der Waals surface area contributed by atoms with Gasteiger partial charge in [0.1, 0.15) is 0 Å². The number of nitrogens with two attached hydrogens (primary N) is 1. The number of nitrogens with one attached hydrogen (secondary N) is 1. The van der Waals surface area contributed by atoms with Crippen molar-refractivity contribution in [3.8, 4) is 0 Å². The first-order chi connectivity index (χ1) is 8.79. The zero-order valence-electron chi connectivity index (χ0n) is 10.4. The van der Waals surface area contributed by atoms with E-state index in [0.29, 0.717) is 15.7 Å². The van der Waals surface area contributed by atoms with Crippen LogP contribution in [0.1, 0.15) is 5.56 Å². The van der Waals surface area contributed by atoms with Crippen molar-refractivity contribution in [1.29, 1.82) is 0 Å². The lowest BCUT2D eigenvalue weighted by atomic mass is 10.2. The molecule has 2 rings (SSSR count). The monoisotopic (exact) mass is 344 g/mol. The first-order valence-corrected chi connectivity index (χ1v) is 7.65. The minimum atomic E-state index is -3.71. The smallest absolute Gasteiger partial charge is 0.263 e. The quantitative estimate of drug-likeness (QED) is 0.831. The minimum Gasteiger partial charge on any atom is -0.398 e. The van der Waals surface area contributed by atoms with Gasteiger partial charge < -0.3 is 5.73 Å². The highest BCUT2D eigenvalue weighted by molar-refractivity contribution is 9.10. The highest BCUT2D eigenvalue weighted by Crippen LogP contribution is 2.27. The summed E-state index contributed by atoms with van der Waals surface area (Å²) in [6.45, 7) is 1.66. The second-order valence-electron chi connectivity index (χ2n) is 4.10. The van der Waals surface area contributed by atoms with E-state index in [1.807, 2.05) is 0 Å². The fourth-order valence-corrected chi connectivity index (χ4v) is 3.54. The molecule has 1 aromatic carbocycles. The second-order valence-corrected chi connectivity index (χ2v) is 6.66. The number of nitrogen functional groups attached to an aromatic ring is 1. The summed E-state index contributed by atoms with van der Waals surface area (Å²) >= 11 is 3.24.